The maximum absolute atomic E-state index is 12.5. The fourth-order valence-corrected chi connectivity index (χ4v) is 3.16. The van der Waals surface area contributed by atoms with Crippen molar-refractivity contribution in [2.45, 2.75) is 52.2 Å². The van der Waals surface area contributed by atoms with Crippen molar-refractivity contribution in [1.82, 2.24) is 15.5 Å². The number of halogens is 1. The lowest BCUT2D eigenvalue weighted by Crippen LogP contribution is -2.45. The largest absolute Gasteiger partial charge is 0.353 e. The van der Waals surface area contributed by atoms with E-state index >= 15 is 0 Å². The van der Waals surface area contributed by atoms with E-state index < -0.39 is 0 Å². The summed E-state index contributed by atoms with van der Waals surface area (Å²) in [4.78, 5) is 27.1. The van der Waals surface area contributed by atoms with E-state index in [2.05, 4.69) is 21.6 Å². The first-order valence-corrected chi connectivity index (χ1v) is 9.38. The Morgan fingerprint density at radius 2 is 1.92 bits per heavy atom. The Labute approximate surface area is 160 Å². The van der Waals surface area contributed by atoms with Crippen LogP contribution in [-0.4, -0.2) is 47.9 Å². The van der Waals surface area contributed by atoms with Crippen molar-refractivity contribution >= 4 is 23.4 Å². The molecule has 1 aliphatic heterocycles. The zero-order chi connectivity index (χ0) is 19.3. The predicted octanol–water partition coefficient (Wildman–Crippen LogP) is 3.00. The van der Waals surface area contributed by atoms with Gasteiger partial charge in [0.1, 0.15) is 0 Å². The predicted molar refractivity (Wildman–Crippen MR) is 105 cm³/mol. The van der Waals surface area contributed by atoms with Crippen molar-refractivity contribution in [2.24, 2.45) is 0 Å². The highest BCUT2D eigenvalue weighted by atomic mass is 35.5. The number of allylic oxidation sites excluding steroid dienone is 1. The van der Waals surface area contributed by atoms with E-state index in [0.717, 1.165) is 0 Å². The first kappa shape index (κ1) is 20.5. The van der Waals surface area contributed by atoms with Gasteiger partial charge in [-0.05, 0) is 58.4 Å². The fraction of sp³-hybridized carbons (Fsp3) is 0.500. The Bertz CT molecular complexity index is 666. The molecule has 0 saturated carbocycles. The summed E-state index contributed by atoms with van der Waals surface area (Å²) in [5, 5.41) is 6.63. The third-order valence-corrected chi connectivity index (χ3v) is 4.56. The second-order valence-corrected chi connectivity index (χ2v) is 7.76. The van der Waals surface area contributed by atoms with Crippen molar-refractivity contribution in [3.05, 3.63) is 46.5 Å². The van der Waals surface area contributed by atoms with Gasteiger partial charge in [0.25, 0.3) is 5.91 Å². The normalized spacial score (nSPS) is 20.1. The minimum absolute atomic E-state index is 0.0189. The van der Waals surface area contributed by atoms with Gasteiger partial charge in [-0.25, -0.2) is 0 Å². The quantitative estimate of drug-likeness (QED) is 0.749. The van der Waals surface area contributed by atoms with Gasteiger partial charge in [0.2, 0.25) is 5.91 Å². The molecular weight excluding hydrogens is 350 g/mol. The first-order chi connectivity index (χ1) is 12.3. The number of likely N-dealkylation sites (tertiary alicyclic amines) is 1. The van der Waals surface area contributed by atoms with E-state index in [4.69, 9.17) is 11.6 Å². The van der Waals surface area contributed by atoms with Crippen LogP contribution >= 0.6 is 11.6 Å². The Morgan fingerprint density at radius 1 is 1.27 bits per heavy atom. The fourth-order valence-electron chi connectivity index (χ4n) is 3.03. The van der Waals surface area contributed by atoms with Gasteiger partial charge in [-0.2, -0.15) is 0 Å². The summed E-state index contributed by atoms with van der Waals surface area (Å²) in [6.07, 6.45) is 2.72. The molecular formula is C20H28ClN3O2. The second-order valence-electron chi connectivity index (χ2n) is 7.33. The smallest absolute Gasteiger partial charge is 0.251 e. The Kier molecular flexibility index (Phi) is 7.23. The van der Waals surface area contributed by atoms with Crippen LogP contribution in [0.25, 0.3) is 0 Å². The van der Waals surface area contributed by atoms with Crippen LogP contribution in [0, 0.1) is 0 Å². The van der Waals surface area contributed by atoms with Crippen molar-refractivity contribution in [3.8, 4) is 0 Å². The molecule has 2 rings (SSSR count). The van der Waals surface area contributed by atoms with Crippen LogP contribution in [0.15, 0.2) is 35.9 Å². The van der Waals surface area contributed by atoms with Crippen molar-refractivity contribution in [1.29, 1.82) is 0 Å². The van der Waals surface area contributed by atoms with Gasteiger partial charge in [-0.15, -0.1) is 0 Å². The molecule has 0 aliphatic carbocycles. The minimum Gasteiger partial charge on any atom is -0.353 e. The van der Waals surface area contributed by atoms with Crippen LogP contribution in [0.3, 0.4) is 0 Å². The van der Waals surface area contributed by atoms with Gasteiger partial charge in [0.15, 0.2) is 0 Å². The number of nitrogens with one attached hydrogen (secondary N) is 2. The molecule has 1 aliphatic rings. The number of carbonyl (C=O) groups excluding carboxylic acids is 2. The van der Waals surface area contributed by atoms with Crippen LogP contribution < -0.4 is 10.6 Å². The van der Waals surface area contributed by atoms with E-state index in [1.807, 2.05) is 27.7 Å². The van der Waals surface area contributed by atoms with Gasteiger partial charge in [0, 0.05) is 35.8 Å². The van der Waals surface area contributed by atoms with Gasteiger partial charge in [-0.3, -0.25) is 14.5 Å². The lowest BCUT2D eigenvalue weighted by molar-refractivity contribution is -0.125. The molecule has 0 radical (unpaired) electrons. The van der Waals surface area contributed by atoms with Crippen LogP contribution in [0.5, 0.6) is 0 Å². The number of rotatable bonds is 6. The van der Waals surface area contributed by atoms with Crippen LogP contribution in [0.1, 0.15) is 44.5 Å². The van der Waals surface area contributed by atoms with Gasteiger partial charge < -0.3 is 10.6 Å². The Morgan fingerprint density at radius 3 is 2.50 bits per heavy atom. The number of benzene rings is 1. The number of amides is 2. The number of hydrogen-bond donors (Lipinski definition) is 2. The van der Waals surface area contributed by atoms with Crippen molar-refractivity contribution in [3.63, 3.8) is 0 Å². The monoisotopic (exact) mass is 377 g/mol. The Balaban J connectivity index is 2.05. The lowest BCUT2D eigenvalue weighted by atomic mass is 10.1. The van der Waals surface area contributed by atoms with E-state index in [9.17, 15) is 9.59 Å². The zero-order valence-electron chi connectivity index (χ0n) is 15.9. The summed E-state index contributed by atoms with van der Waals surface area (Å²) in [5.74, 6) is -0.121. The topological polar surface area (TPSA) is 61.4 Å². The summed E-state index contributed by atoms with van der Waals surface area (Å²) in [6, 6.07) is 6.61. The molecule has 0 aromatic heterocycles. The molecule has 6 heteroatoms. The lowest BCUT2D eigenvalue weighted by Gasteiger charge is -2.23. The van der Waals surface area contributed by atoms with E-state index in [1.165, 1.54) is 5.57 Å². The maximum Gasteiger partial charge on any atom is 0.251 e. The standard InChI is InChI=1S/C20H28ClN3O2/c1-13(2)9-10-24-12-17(11-18(24)20(26)22-14(3)4)23-19(25)15-5-7-16(21)8-6-15/h5-9,14,17-18H,10-12H2,1-4H3,(H,22,26)(H,23,25)/t17-,18+/m1/s1. The molecule has 1 aromatic carbocycles. The third kappa shape index (κ3) is 5.85. The highest BCUT2D eigenvalue weighted by Gasteiger charge is 2.37. The molecule has 2 N–H and O–H groups in total. The highest BCUT2D eigenvalue weighted by molar-refractivity contribution is 6.30. The summed E-state index contributed by atoms with van der Waals surface area (Å²) < 4.78 is 0. The highest BCUT2D eigenvalue weighted by Crippen LogP contribution is 2.19. The zero-order valence-corrected chi connectivity index (χ0v) is 16.6. The average molecular weight is 378 g/mol. The second kappa shape index (κ2) is 9.19. The molecule has 142 valence electrons. The molecule has 5 nitrogen and oxygen atoms in total. The Hall–Kier alpha value is -1.85. The van der Waals surface area contributed by atoms with E-state index in [-0.39, 0.29) is 29.9 Å². The molecule has 0 spiro atoms. The van der Waals surface area contributed by atoms with Gasteiger partial charge in [0.05, 0.1) is 6.04 Å². The van der Waals surface area contributed by atoms with Gasteiger partial charge >= 0.3 is 0 Å². The number of nitrogens with zero attached hydrogens (tertiary/aromatic N) is 1. The molecule has 2 amide bonds. The van der Waals surface area contributed by atoms with Gasteiger partial charge in [-0.1, -0.05) is 23.3 Å². The maximum atomic E-state index is 12.5. The average Bonchev–Trinajstić information content (AvgIpc) is 2.95. The molecule has 1 fully saturated rings. The van der Waals surface area contributed by atoms with E-state index in [1.54, 1.807) is 24.3 Å². The number of carbonyl (C=O) groups is 2. The summed E-state index contributed by atoms with van der Waals surface area (Å²) in [5.41, 5.74) is 1.78. The minimum atomic E-state index is -0.233. The van der Waals surface area contributed by atoms with Crippen LogP contribution in [0.2, 0.25) is 5.02 Å². The summed E-state index contributed by atoms with van der Waals surface area (Å²) in [7, 11) is 0. The molecule has 1 aromatic rings. The molecule has 1 heterocycles. The molecule has 0 unspecified atom stereocenters. The van der Waals surface area contributed by atoms with Crippen LogP contribution in [-0.2, 0) is 4.79 Å². The SMILES string of the molecule is CC(C)=CCN1C[C@H](NC(=O)c2ccc(Cl)cc2)C[C@H]1C(=O)NC(C)C. The third-order valence-electron chi connectivity index (χ3n) is 4.31. The van der Waals surface area contributed by atoms with Crippen LogP contribution in [0.4, 0.5) is 0 Å². The van der Waals surface area contributed by atoms with E-state index in [0.29, 0.717) is 30.1 Å². The molecule has 26 heavy (non-hydrogen) atoms. The molecule has 1 saturated heterocycles. The molecule has 0 bridgehead atoms. The first-order valence-electron chi connectivity index (χ1n) is 9.00. The molecule has 2 atom stereocenters. The van der Waals surface area contributed by atoms with Crippen molar-refractivity contribution in [2.75, 3.05) is 13.1 Å². The summed E-state index contributed by atoms with van der Waals surface area (Å²) >= 11 is 5.87. The number of hydrogen-bond acceptors (Lipinski definition) is 3. The van der Waals surface area contributed by atoms with Crippen molar-refractivity contribution < 1.29 is 9.59 Å². The summed E-state index contributed by atoms with van der Waals surface area (Å²) in [6.45, 7) is 9.34.